The monoisotopic (exact) mass is 353 g/mol. The topological polar surface area (TPSA) is 46.6 Å². The third kappa shape index (κ3) is 12.0. The Hall–Kier alpha value is -1.06. The Morgan fingerprint density at radius 3 is 1.60 bits per heavy atom. The summed E-state index contributed by atoms with van der Waals surface area (Å²) >= 11 is 0. The molecule has 0 radical (unpaired) electrons. The normalized spacial score (nSPS) is 14.3. The minimum atomic E-state index is -0.362. The zero-order valence-corrected chi connectivity index (χ0v) is 16.8. The quantitative estimate of drug-likeness (QED) is 0.336. The van der Waals surface area contributed by atoms with Gasteiger partial charge in [-0.05, 0) is 40.0 Å². The Balaban J connectivity index is 1.77. The summed E-state index contributed by atoms with van der Waals surface area (Å²) in [6.45, 7) is 7.70. The second kappa shape index (κ2) is 12.3. The van der Waals surface area contributed by atoms with E-state index in [1.54, 1.807) is 0 Å². The molecule has 0 aromatic heterocycles. The number of amides is 1. The summed E-state index contributed by atoms with van der Waals surface area (Å²) in [4.78, 5) is 25.2. The van der Waals surface area contributed by atoms with Crippen LogP contribution in [0.25, 0.3) is 0 Å². The van der Waals surface area contributed by atoms with E-state index in [2.05, 4.69) is 0 Å². The zero-order chi connectivity index (χ0) is 18.5. The number of unbranched alkanes of at least 4 members (excludes halogenated alkanes) is 9. The van der Waals surface area contributed by atoms with Crippen molar-refractivity contribution >= 4 is 11.9 Å². The van der Waals surface area contributed by atoms with Crippen molar-refractivity contribution in [1.82, 2.24) is 4.90 Å². The van der Waals surface area contributed by atoms with Gasteiger partial charge < -0.3 is 9.64 Å². The molecule has 1 aliphatic rings. The van der Waals surface area contributed by atoms with Crippen molar-refractivity contribution < 1.29 is 14.3 Å². The van der Waals surface area contributed by atoms with Crippen LogP contribution in [0.15, 0.2) is 0 Å². The first-order chi connectivity index (χ1) is 11.9. The fourth-order valence-corrected chi connectivity index (χ4v) is 3.08. The zero-order valence-electron chi connectivity index (χ0n) is 16.8. The Morgan fingerprint density at radius 1 is 0.760 bits per heavy atom. The highest BCUT2D eigenvalue weighted by Crippen LogP contribution is 2.15. The van der Waals surface area contributed by atoms with E-state index in [0.29, 0.717) is 12.3 Å². The highest BCUT2D eigenvalue weighted by molar-refractivity contribution is 5.76. The molecule has 0 saturated carbocycles. The Bertz CT molecular complexity index is 383. The minimum Gasteiger partial charge on any atom is -0.460 e. The summed E-state index contributed by atoms with van der Waals surface area (Å²) in [5, 5.41) is 0. The molecule has 1 heterocycles. The Kier molecular flexibility index (Phi) is 10.8. The van der Waals surface area contributed by atoms with Crippen molar-refractivity contribution in [2.24, 2.45) is 0 Å². The van der Waals surface area contributed by atoms with Gasteiger partial charge >= 0.3 is 5.97 Å². The number of nitrogens with zero attached hydrogens (tertiary/aromatic N) is 1. The van der Waals surface area contributed by atoms with Crippen molar-refractivity contribution in [3.8, 4) is 0 Å². The van der Waals surface area contributed by atoms with Crippen LogP contribution in [0, 0.1) is 0 Å². The van der Waals surface area contributed by atoms with E-state index in [9.17, 15) is 9.59 Å². The lowest BCUT2D eigenvalue weighted by molar-refractivity contribution is -0.154. The molecule has 1 rings (SSSR count). The first-order valence-corrected chi connectivity index (χ1v) is 10.4. The van der Waals surface area contributed by atoms with Gasteiger partial charge in [-0.3, -0.25) is 9.59 Å². The molecule has 0 aromatic rings. The van der Waals surface area contributed by atoms with Crippen molar-refractivity contribution in [2.75, 3.05) is 13.1 Å². The third-order valence-corrected chi connectivity index (χ3v) is 4.65. The second-order valence-corrected chi connectivity index (χ2v) is 8.36. The summed E-state index contributed by atoms with van der Waals surface area (Å²) < 4.78 is 5.30. The first kappa shape index (κ1) is 22.0. The van der Waals surface area contributed by atoms with Crippen LogP contribution in [-0.4, -0.2) is 35.5 Å². The lowest BCUT2D eigenvalue weighted by Crippen LogP contribution is -2.41. The van der Waals surface area contributed by atoms with Gasteiger partial charge in [-0.25, -0.2) is 0 Å². The predicted molar refractivity (Wildman–Crippen MR) is 102 cm³/mol. The highest BCUT2D eigenvalue weighted by atomic mass is 16.6. The maximum atomic E-state index is 11.7. The summed E-state index contributed by atoms with van der Waals surface area (Å²) in [6, 6.07) is 0. The Morgan fingerprint density at radius 2 is 1.20 bits per heavy atom. The number of carbonyl (C=O) groups is 2. The van der Waals surface area contributed by atoms with Gasteiger partial charge in [-0.1, -0.05) is 51.4 Å². The minimum absolute atomic E-state index is 0.0694. The fraction of sp³-hybridized carbons (Fsp3) is 0.905. The largest absolute Gasteiger partial charge is 0.460 e. The average molecular weight is 354 g/mol. The van der Waals surface area contributed by atoms with Crippen LogP contribution >= 0.6 is 0 Å². The predicted octanol–water partition coefficient (Wildman–Crippen LogP) is 5.24. The lowest BCUT2D eigenvalue weighted by atomic mass is 10.0. The molecular weight excluding hydrogens is 314 g/mol. The summed E-state index contributed by atoms with van der Waals surface area (Å²) in [5.74, 6) is 0.290. The van der Waals surface area contributed by atoms with Gasteiger partial charge in [0.05, 0.1) is 0 Å². The van der Waals surface area contributed by atoms with Crippen molar-refractivity contribution in [3.05, 3.63) is 0 Å². The summed E-state index contributed by atoms with van der Waals surface area (Å²) in [6.07, 6.45) is 14.4. The van der Waals surface area contributed by atoms with Crippen molar-refractivity contribution in [3.63, 3.8) is 0 Å². The van der Waals surface area contributed by atoms with Gasteiger partial charge in [0.2, 0.25) is 5.91 Å². The average Bonchev–Trinajstić information content (AvgIpc) is 2.44. The molecule has 0 bridgehead atoms. The van der Waals surface area contributed by atoms with Gasteiger partial charge in [-0.2, -0.15) is 0 Å². The molecule has 1 amide bonds. The fourth-order valence-electron chi connectivity index (χ4n) is 3.08. The molecule has 4 nitrogen and oxygen atoms in total. The summed E-state index contributed by atoms with van der Waals surface area (Å²) in [5.41, 5.74) is -0.362. The molecule has 0 aromatic carbocycles. The second-order valence-electron chi connectivity index (χ2n) is 8.36. The number of rotatable bonds is 13. The van der Waals surface area contributed by atoms with E-state index in [1.165, 1.54) is 51.4 Å². The maximum absolute atomic E-state index is 11.7. The van der Waals surface area contributed by atoms with Crippen molar-refractivity contribution in [1.29, 1.82) is 0 Å². The van der Waals surface area contributed by atoms with E-state index in [0.717, 1.165) is 38.8 Å². The molecule has 0 N–H and O–H groups in total. The Labute approximate surface area is 154 Å². The number of ether oxygens (including phenoxy) is 1. The van der Waals surface area contributed by atoms with Gasteiger partial charge in [0.25, 0.3) is 0 Å². The third-order valence-electron chi connectivity index (χ3n) is 4.65. The standard InChI is InChI=1S/C21H39NO3/c1-21(2,3)25-20(24)16-13-11-9-7-5-4-6-8-10-12-15-19(23)22-17-14-18-22/h4-18H2,1-3H3. The molecule has 25 heavy (non-hydrogen) atoms. The van der Waals surface area contributed by atoms with E-state index in [-0.39, 0.29) is 11.6 Å². The van der Waals surface area contributed by atoms with E-state index >= 15 is 0 Å². The van der Waals surface area contributed by atoms with Crippen LogP contribution in [-0.2, 0) is 14.3 Å². The molecule has 0 spiro atoms. The van der Waals surface area contributed by atoms with Gasteiger partial charge in [0.15, 0.2) is 0 Å². The SMILES string of the molecule is CC(C)(C)OC(=O)CCCCCCCCCCCCC(=O)N1CCC1. The van der Waals surface area contributed by atoms with Gasteiger partial charge in [0, 0.05) is 25.9 Å². The molecule has 0 atom stereocenters. The number of esters is 1. The van der Waals surface area contributed by atoms with E-state index in [4.69, 9.17) is 4.74 Å². The van der Waals surface area contributed by atoms with Crippen LogP contribution in [0.5, 0.6) is 0 Å². The molecular formula is C21H39NO3. The molecule has 1 fully saturated rings. The number of carbonyl (C=O) groups excluding carboxylic acids is 2. The summed E-state index contributed by atoms with van der Waals surface area (Å²) in [7, 11) is 0. The van der Waals surface area contributed by atoms with Gasteiger partial charge in [0.1, 0.15) is 5.60 Å². The van der Waals surface area contributed by atoms with E-state index in [1.807, 2.05) is 25.7 Å². The first-order valence-electron chi connectivity index (χ1n) is 10.4. The lowest BCUT2D eigenvalue weighted by Gasteiger charge is -2.30. The number of hydrogen-bond acceptors (Lipinski definition) is 3. The highest BCUT2D eigenvalue weighted by Gasteiger charge is 2.19. The molecule has 1 saturated heterocycles. The number of hydrogen-bond donors (Lipinski definition) is 0. The van der Waals surface area contributed by atoms with Crippen LogP contribution < -0.4 is 0 Å². The van der Waals surface area contributed by atoms with Crippen LogP contribution in [0.3, 0.4) is 0 Å². The van der Waals surface area contributed by atoms with Gasteiger partial charge in [-0.15, -0.1) is 0 Å². The molecule has 146 valence electrons. The molecule has 4 heteroatoms. The molecule has 1 aliphatic heterocycles. The van der Waals surface area contributed by atoms with Crippen LogP contribution in [0.1, 0.15) is 104 Å². The maximum Gasteiger partial charge on any atom is 0.306 e. The van der Waals surface area contributed by atoms with Crippen molar-refractivity contribution in [2.45, 2.75) is 110 Å². The van der Waals surface area contributed by atoms with Crippen LogP contribution in [0.2, 0.25) is 0 Å². The smallest absolute Gasteiger partial charge is 0.306 e. The molecule has 0 aliphatic carbocycles. The van der Waals surface area contributed by atoms with Crippen LogP contribution in [0.4, 0.5) is 0 Å². The van der Waals surface area contributed by atoms with E-state index < -0.39 is 0 Å². The number of likely N-dealkylation sites (tertiary alicyclic amines) is 1. The molecule has 0 unspecified atom stereocenters.